The topological polar surface area (TPSA) is 50.2 Å². The Morgan fingerprint density at radius 2 is 2.08 bits per heavy atom. The molecule has 0 amide bonds. The Kier molecular flexibility index (Phi) is 3.80. The molecule has 1 aromatic heterocycles. The number of aliphatic hydroxyl groups is 1. The number of carbonyl (C=O) groups is 1. The van der Waals surface area contributed by atoms with Gasteiger partial charge in [-0.25, -0.2) is 4.98 Å². The number of fused-ring (bicyclic) bond motifs is 2. The van der Waals surface area contributed by atoms with Crippen molar-refractivity contribution in [2.75, 3.05) is 0 Å². The van der Waals surface area contributed by atoms with Crippen LogP contribution < -0.4 is 0 Å². The number of rotatable bonds is 3. The molecule has 2 atom stereocenters. The van der Waals surface area contributed by atoms with Crippen molar-refractivity contribution >= 4 is 22.7 Å². The Labute approximate surface area is 146 Å². The van der Waals surface area contributed by atoms with Gasteiger partial charge < -0.3 is 5.11 Å². The molecule has 1 N–H and O–H groups in total. The molecule has 0 aliphatic heterocycles. The number of hydrogen-bond donors (Lipinski definition) is 1. The van der Waals surface area contributed by atoms with Gasteiger partial charge in [-0.3, -0.25) is 4.79 Å². The molecule has 1 aromatic carbocycles. The lowest BCUT2D eigenvalue weighted by molar-refractivity contribution is -0.117. The first-order chi connectivity index (χ1) is 11.6. The summed E-state index contributed by atoms with van der Waals surface area (Å²) < 4.78 is 0. The standard InChI is InChI=1S/C20H21NO2S/c1-3-12-4-7-15(20-21-11(2)10-24-20)9-16(12)17-18(22)13-5-6-14(8-13)19(17)23/h4,7,9-10,13-14,22H,3,5-6,8H2,1-2H3/t13-,14?/m0/s1. The van der Waals surface area contributed by atoms with E-state index in [0.717, 1.165) is 53.1 Å². The fourth-order valence-corrected chi connectivity index (χ4v) is 4.80. The first-order valence-corrected chi connectivity index (χ1v) is 9.49. The van der Waals surface area contributed by atoms with Crippen LogP contribution in [0.15, 0.2) is 29.3 Å². The lowest BCUT2D eigenvalue weighted by Crippen LogP contribution is -2.22. The number of aliphatic hydroxyl groups excluding tert-OH is 1. The quantitative estimate of drug-likeness (QED) is 0.861. The summed E-state index contributed by atoms with van der Waals surface area (Å²) in [6, 6.07) is 6.19. The molecule has 0 spiro atoms. The van der Waals surface area contributed by atoms with Crippen LogP contribution in [-0.2, 0) is 11.2 Å². The lowest BCUT2D eigenvalue weighted by atomic mass is 9.81. The van der Waals surface area contributed by atoms with E-state index >= 15 is 0 Å². The predicted octanol–water partition coefficient (Wildman–Crippen LogP) is 4.95. The SMILES string of the molecule is CCc1ccc(-c2nc(C)cs2)cc1C1=C(O)[C@H]2CCC(C2)C1=O. The van der Waals surface area contributed by atoms with Gasteiger partial charge in [-0.1, -0.05) is 19.1 Å². The zero-order valence-electron chi connectivity index (χ0n) is 14.0. The Bertz CT molecular complexity index is 849. The van der Waals surface area contributed by atoms with E-state index in [-0.39, 0.29) is 17.6 Å². The van der Waals surface area contributed by atoms with Crippen molar-refractivity contribution in [1.29, 1.82) is 0 Å². The maximum atomic E-state index is 12.9. The van der Waals surface area contributed by atoms with Gasteiger partial charge in [0, 0.05) is 28.5 Å². The zero-order chi connectivity index (χ0) is 16.8. The third-order valence-corrected chi connectivity index (χ3v) is 6.33. The first-order valence-electron chi connectivity index (χ1n) is 8.61. The highest BCUT2D eigenvalue weighted by Gasteiger charge is 2.41. The number of aryl methyl sites for hydroxylation is 2. The highest BCUT2D eigenvalue weighted by molar-refractivity contribution is 7.13. The van der Waals surface area contributed by atoms with E-state index in [4.69, 9.17) is 0 Å². The summed E-state index contributed by atoms with van der Waals surface area (Å²) in [7, 11) is 0. The maximum absolute atomic E-state index is 12.9. The molecule has 4 rings (SSSR count). The molecule has 1 fully saturated rings. The van der Waals surface area contributed by atoms with Gasteiger partial charge in [0.2, 0.25) is 0 Å². The minimum absolute atomic E-state index is 0.0939. The largest absolute Gasteiger partial charge is 0.511 e. The zero-order valence-corrected chi connectivity index (χ0v) is 14.8. The number of nitrogens with zero attached hydrogens (tertiary/aromatic N) is 1. The molecular weight excluding hydrogens is 318 g/mol. The minimum atomic E-state index is 0.0939. The van der Waals surface area contributed by atoms with E-state index in [1.54, 1.807) is 11.3 Å². The van der Waals surface area contributed by atoms with Crippen molar-refractivity contribution in [2.24, 2.45) is 11.8 Å². The number of thiazole rings is 1. The number of Topliss-reactive ketones (excluding diaryl/α,β-unsaturated/α-hetero) is 1. The molecule has 2 aliphatic carbocycles. The molecule has 2 aromatic rings. The Balaban J connectivity index is 1.87. The molecule has 4 heteroatoms. The van der Waals surface area contributed by atoms with Crippen molar-refractivity contribution in [1.82, 2.24) is 4.98 Å². The van der Waals surface area contributed by atoms with Gasteiger partial charge in [0.05, 0.1) is 5.57 Å². The average Bonchev–Trinajstić information content (AvgIpc) is 3.21. The van der Waals surface area contributed by atoms with Crippen LogP contribution in [0.1, 0.15) is 43.0 Å². The van der Waals surface area contributed by atoms with Crippen molar-refractivity contribution < 1.29 is 9.90 Å². The third-order valence-electron chi connectivity index (χ3n) is 5.32. The fourth-order valence-electron chi connectivity index (χ4n) is 4.01. The van der Waals surface area contributed by atoms with Crippen LogP contribution in [-0.4, -0.2) is 15.9 Å². The van der Waals surface area contributed by atoms with Crippen molar-refractivity contribution in [3.63, 3.8) is 0 Å². The summed E-state index contributed by atoms with van der Waals surface area (Å²) in [5.41, 5.74) is 4.61. The summed E-state index contributed by atoms with van der Waals surface area (Å²) in [6.07, 6.45) is 3.50. The third kappa shape index (κ3) is 2.40. The van der Waals surface area contributed by atoms with E-state index in [0.29, 0.717) is 11.3 Å². The number of aromatic nitrogens is 1. The molecule has 1 saturated carbocycles. The normalized spacial score (nSPS) is 23.2. The lowest BCUT2D eigenvalue weighted by Gasteiger charge is -2.23. The minimum Gasteiger partial charge on any atom is -0.511 e. The van der Waals surface area contributed by atoms with Crippen LogP contribution in [0.2, 0.25) is 0 Å². The molecule has 2 bridgehead atoms. The second-order valence-corrected chi connectivity index (χ2v) is 7.71. The molecule has 2 aliphatic rings. The van der Waals surface area contributed by atoms with Gasteiger partial charge in [-0.05, 0) is 49.8 Å². The summed E-state index contributed by atoms with van der Waals surface area (Å²) >= 11 is 1.61. The van der Waals surface area contributed by atoms with Crippen LogP contribution in [0.5, 0.6) is 0 Å². The number of hydrogen-bond acceptors (Lipinski definition) is 4. The second-order valence-electron chi connectivity index (χ2n) is 6.85. The monoisotopic (exact) mass is 339 g/mol. The Morgan fingerprint density at radius 3 is 2.79 bits per heavy atom. The van der Waals surface area contributed by atoms with Crippen molar-refractivity contribution in [3.8, 4) is 10.6 Å². The summed E-state index contributed by atoms with van der Waals surface area (Å²) in [6.45, 7) is 4.07. The summed E-state index contributed by atoms with van der Waals surface area (Å²) in [4.78, 5) is 17.4. The number of allylic oxidation sites excluding steroid dienone is 2. The number of ketones is 1. The Morgan fingerprint density at radius 1 is 1.29 bits per heavy atom. The van der Waals surface area contributed by atoms with Crippen molar-refractivity contribution in [2.45, 2.75) is 39.5 Å². The van der Waals surface area contributed by atoms with Gasteiger partial charge in [0.25, 0.3) is 0 Å². The average molecular weight is 339 g/mol. The van der Waals surface area contributed by atoms with Crippen LogP contribution in [0.3, 0.4) is 0 Å². The maximum Gasteiger partial charge on any atom is 0.169 e. The molecule has 124 valence electrons. The van der Waals surface area contributed by atoms with E-state index in [2.05, 4.69) is 24.0 Å². The van der Waals surface area contributed by atoms with Gasteiger partial charge in [-0.15, -0.1) is 11.3 Å². The fraction of sp³-hybridized carbons (Fsp3) is 0.400. The van der Waals surface area contributed by atoms with Crippen molar-refractivity contribution in [3.05, 3.63) is 46.2 Å². The number of carbonyl (C=O) groups excluding carboxylic acids is 1. The molecule has 0 saturated heterocycles. The van der Waals surface area contributed by atoms with Gasteiger partial charge in [0.1, 0.15) is 10.8 Å². The van der Waals surface area contributed by atoms with Gasteiger partial charge >= 0.3 is 0 Å². The molecule has 24 heavy (non-hydrogen) atoms. The molecule has 3 nitrogen and oxygen atoms in total. The van der Waals surface area contributed by atoms with Crippen LogP contribution in [0.25, 0.3) is 16.1 Å². The van der Waals surface area contributed by atoms with E-state index in [1.165, 1.54) is 0 Å². The van der Waals surface area contributed by atoms with E-state index in [9.17, 15) is 9.90 Å². The van der Waals surface area contributed by atoms with Gasteiger partial charge in [-0.2, -0.15) is 0 Å². The van der Waals surface area contributed by atoms with Crippen LogP contribution in [0.4, 0.5) is 0 Å². The van der Waals surface area contributed by atoms with E-state index in [1.807, 2.05) is 18.4 Å². The molecule has 1 heterocycles. The molecular formula is C20H21NO2S. The van der Waals surface area contributed by atoms with Crippen LogP contribution >= 0.6 is 11.3 Å². The van der Waals surface area contributed by atoms with Crippen LogP contribution in [0, 0.1) is 18.8 Å². The van der Waals surface area contributed by atoms with E-state index < -0.39 is 0 Å². The highest BCUT2D eigenvalue weighted by Crippen LogP contribution is 2.46. The second kappa shape index (κ2) is 5.85. The summed E-state index contributed by atoms with van der Waals surface area (Å²) in [5, 5.41) is 13.7. The number of benzene rings is 1. The molecule has 0 radical (unpaired) electrons. The highest BCUT2D eigenvalue weighted by atomic mass is 32.1. The first kappa shape index (κ1) is 15.6. The van der Waals surface area contributed by atoms with Gasteiger partial charge in [0.15, 0.2) is 5.78 Å². The summed E-state index contributed by atoms with van der Waals surface area (Å²) in [5.74, 6) is 0.703. The predicted molar refractivity (Wildman–Crippen MR) is 97.1 cm³/mol. The molecule has 1 unspecified atom stereocenters. The Hall–Kier alpha value is -1.94. The smallest absolute Gasteiger partial charge is 0.169 e.